The number of nitrogens with zero attached hydrogens (tertiary/aromatic N) is 1. The van der Waals surface area contributed by atoms with Crippen LogP contribution in [0.2, 0.25) is 10.0 Å². The van der Waals surface area contributed by atoms with E-state index in [2.05, 4.69) is 5.32 Å². The summed E-state index contributed by atoms with van der Waals surface area (Å²) < 4.78 is 38.6. The summed E-state index contributed by atoms with van der Waals surface area (Å²) in [6.07, 6.45) is 0.358. The number of rotatable bonds is 10. The van der Waals surface area contributed by atoms with Gasteiger partial charge in [-0.15, -0.1) is 0 Å². The molecule has 0 bridgehead atoms. The predicted octanol–water partition coefficient (Wildman–Crippen LogP) is 5.16. The van der Waals surface area contributed by atoms with Gasteiger partial charge >= 0.3 is 5.97 Å². The molecule has 0 spiro atoms. The van der Waals surface area contributed by atoms with E-state index in [-0.39, 0.29) is 27.9 Å². The zero-order chi connectivity index (χ0) is 29.0. The van der Waals surface area contributed by atoms with E-state index in [1.165, 1.54) is 18.2 Å². The van der Waals surface area contributed by atoms with E-state index in [4.69, 9.17) is 32.7 Å². The van der Waals surface area contributed by atoms with Crippen molar-refractivity contribution in [2.24, 2.45) is 0 Å². The first-order valence-electron chi connectivity index (χ1n) is 12.4. The van der Waals surface area contributed by atoms with Crippen LogP contribution in [0.4, 0.5) is 0 Å². The quantitative estimate of drug-likeness (QED) is 0.327. The highest BCUT2D eigenvalue weighted by atomic mass is 35.5. The van der Waals surface area contributed by atoms with Crippen molar-refractivity contribution in [1.82, 2.24) is 9.62 Å². The average Bonchev–Trinajstić information content (AvgIpc) is 3.43. The first-order chi connectivity index (χ1) is 19.0. The molecule has 0 aliphatic carbocycles. The second-order valence-electron chi connectivity index (χ2n) is 9.23. The van der Waals surface area contributed by atoms with Crippen molar-refractivity contribution in [3.63, 3.8) is 0 Å². The standard InChI is InChI=1S/C28H28Cl2N2O7S/c1-38-21-9-10-26(39-2)23(15-21)17-5-7-18(8-6-17)24(16-27(33)34)31-28(35)25-4-3-11-32(25)40(36,37)22-13-19(29)12-20(30)14-22/h5-10,12-15,24-25H,3-4,11,16H2,1-2H3,(H,31,35)(H,33,34)/t24-,25+/m1/s1. The molecule has 1 heterocycles. The molecule has 0 radical (unpaired) electrons. The normalized spacial score (nSPS) is 16.4. The Hall–Kier alpha value is -3.31. The minimum absolute atomic E-state index is 0.115. The minimum Gasteiger partial charge on any atom is -0.497 e. The van der Waals surface area contributed by atoms with Gasteiger partial charge in [0, 0.05) is 22.2 Å². The molecule has 1 aliphatic heterocycles. The van der Waals surface area contributed by atoms with E-state index < -0.39 is 40.4 Å². The van der Waals surface area contributed by atoms with Gasteiger partial charge < -0.3 is 19.9 Å². The van der Waals surface area contributed by atoms with Crippen LogP contribution in [0.5, 0.6) is 11.5 Å². The molecule has 9 nitrogen and oxygen atoms in total. The molecule has 40 heavy (non-hydrogen) atoms. The fourth-order valence-electron chi connectivity index (χ4n) is 4.73. The van der Waals surface area contributed by atoms with Gasteiger partial charge in [0.05, 0.1) is 31.6 Å². The average molecular weight is 608 g/mol. The number of benzene rings is 3. The molecule has 0 aromatic heterocycles. The fourth-order valence-corrected chi connectivity index (χ4v) is 7.12. The van der Waals surface area contributed by atoms with Gasteiger partial charge in [-0.2, -0.15) is 4.31 Å². The van der Waals surface area contributed by atoms with Crippen LogP contribution in [-0.2, 0) is 19.6 Å². The third-order valence-electron chi connectivity index (χ3n) is 6.67. The molecule has 1 saturated heterocycles. The Morgan fingerprint density at radius 1 is 1.02 bits per heavy atom. The van der Waals surface area contributed by atoms with Crippen molar-refractivity contribution >= 4 is 45.1 Å². The first-order valence-corrected chi connectivity index (χ1v) is 14.6. The van der Waals surface area contributed by atoms with Crippen molar-refractivity contribution in [2.45, 2.75) is 36.2 Å². The summed E-state index contributed by atoms with van der Waals surface area (Å²) in [4.78, 5) is 25.0. The molecule has 2 N–H and O–H groups in total. The van der Waals surface area contributed by atoms with Gasteiger partial charge in [0.1, 0.15) is 17.5 Å². The van der Waals surface area contributed by atoms with Crippen LogP contribution in [0.1, 0.15) is 30.9 Å². The number of amides is 1. The Kier molecular flexibility index (Phi) is 9.25. The van der Waals surface area contributed by atoms with Gasteiger partial charge in [-0.25, -0.2) is 8.42 Å². The number of hydrogen-bond acceptors (Lipinski definition) is 6. The van der Waals surface area contributed by atoms with Crippen molar-refractivity contribution in [3.8, 4) is 22.6 Å². The third-order valence-corrected chi connectivity index (χ3v) is 9.00. The summed E-state index contributed by atoms with van der Waals surface area (Å²) in [7, 11) is -0.960. The second-order valence-corrected chi connectivity index (χ2v) is 12.0. The Morgan fingerprint density at radius 2 is 1.70 bits per heavy atom. The van der Waals surface area contributed by atoms with Crippen molar-refractivity contribution in [3.05, 3.63) is 76.3 Å². The van der Waals surface area contributed by atoms with E-state index in [1.807, 2.05) is 6.07 Å². The lowest BCUT2D eigenvalue weighted by atomic mass is 9.98. The van der Waals surface area contributed by atoms with Gasteiger partial charge in [-0.05, 0) is 60.4 Å². The predicted molar refractivity (Wildman–Crippen MR) is 151 cm³/mol. The molecule has 1 amide bonds. The Bertz CT molecular complexity index is 1490. The zero-order valence-electron chi connectivity index (χ0n) is 21.8. The van der Waals surface area contributed by atoms with Crippen LogP contribution in [0.15, 0.2) is 65.6 Å². The van der Waals surface area contributed by atoms with Crippen LogP contribution in [-0.4, -0.2) is 56.5 Å². The number of nitrogens with one attached hydrogen (secondary N) is 1. The van der Waals surface area contributed by atoms with E-state index >= 15 is 0 Å². The molecule has 12 heteroatoms. The Labute approximate surface area is 242 Å². The zero-order valence-corrected chi connectivity index (χ0v) is 24.1. The molecule has 3 aromatic rings. The summed E-state index contributed by atoms with van der Waals surface area (Å²) in [5.74, 6) is -0.424. The SMILES string of the molecule is COc1ccc(OC)c(-c2ccc([C@@H](CC(=O)O)NC(=O)[C@@H]3CCCN3S(=O)(=O)c3cc(Cl)cc(Cl)c3)cc2)c1. The van der Waals surface area contributed by atoms with Crippen LogP contribution in [0, 0.1) is 0 Å². The maximum absolute atomic E-state index is 13.4. The monoisotopic (exact) mass is 606 g/mol. The highest BCUT2D eigenvalue weighted by molar-refractivity contribution is 7.89. The van der Waals surface area contributed by atoms with E-state index in [0.29, 0.717) is 23.5 Å². The Balaban J connectivity index is 1.58. The van der Waals surface area contributed by atoms with Crippen LogP contribution in [0.3, 0.4) is 0 Å². The van der Waals surface area contributed by atoms with Crippen LogP contribution >= 0.6 is 23.2 Å². The number of halogens is 2. The highest BCUT2D eigenvalue weighted by Gasteiger charge is 2.40. The molecule has 0 saturated carbocycles. The fraction of sp³-hybridized carbons (Fsp3) is 0.286. The van der Waals surface area contributed by atoms with E-state index in [0.717, 1.165) is 15.4 Å². The van der Waals surface area contributed by atoms with E-state index in [9.17, 15) is 23.1 Å². The molecule has 1 fully saturated rings. The number of hydrogen-bond donors (Lipinski definition) is 2. The van der Waals surface area contributed by atoms with Gasteiger partial charge in [0.15, 0.2) is 0 Å². The highest BCUT2D eigenvalue weighted by Crippen LogP contribution is 2.35. The number of methoxy groups -OCH3 is 2. The van der Waals surface area contributed by atoms with Gasteiger partial charge in [0.25, 0.3) is 0 Å². The first kappa shape index (κ1) is 29.7. The number of carboxylic acid groups (broad SMARTS) is 1. The molecular weight excluding hydrogens is 579 g/mol. The van der Waals surface area contributed by atoms with E-state index in [1.54, 1.807) is 50.6 Å². The number of aliphatic carboxylic acids is 1. The minimum atomic E-state index is -4.08. The maximum Gasteiger partial charge on any atom is 0.305 e. The summed E-state index contributed by atoms with van der Waals surface area (Å²) >= 11 is 12.0. The van der Waals surface area contributed by atoms with Crippen molar-refractivity contribution in [2.75, 3.05) is 20.8 Å². The lowest BCUT2D eigenvalue weighted by Crippen LogP contribution is -2.47. The van der Waals surface area contributed by atoms with Crippen LogP contribution < -0.4 is 14.8 Å². The molecule has 0 unspecified atom stereocenters. The number of carboxylic acids is 1. The van der Waals surface area contributed by atoms with Crippen molar-refractivity contribution in [1.29, 1.82) is 0 Å². The summed E-state index contributed by atoms with van der Waals surface area (Å²) in [6.45, 7) is 0.130. The van der Waals surface area contributed by atoms with Gasteiger partial charge in [0.2, 0.25) is 15.9 Å². The van der Waals surface area contributed by atoms with Crippen LogP contribution in [0.25, 0.3) is 11.1 Å². The number of carbonyl (C=O) groups is 2. The second kappa shape index (κ2) is 12.5. The number of sulfonamides is 1. The largest absolute Gasteiger partial charge is 0.497 e. The topological polar surface area (TPSA) is 122 Å². The smallest absolute Gasteiger partial charge is 0.305 e. The lowest BCUT2D eigenvalue weighted by Gasteiger charge is -2.26. The molecular formula is C28H28Cl2N2O7S. The number of carbonyl (C=O) groups excluding carboxylic acids is 1. The molecule has 2 atom stereocenters. The number of ether oxygens (including phenoxy) is 2. The lowest BCUT2D eigenvalue weighted by molar-refractivity contribution is -0.137. The molecule has 212 valence electrons. The maximum atomic E-state index is 13.4. The molecule has 1 aliphatic rings. The summed E-state index contributed by atoms with van der Waals surface area (Å²) in [6, 6.07) is 14.5. The van der Waals surface area contributed by atoms with Gasteiger partial charge in [-0.1, -0.05) is 47.5 Å². The summed E-state index contributed by atoms with van der Waals surface area (Å²) in [5.41, 5.74) is 2.13. The van der Waals surface area contributed by atoms with Gasteiger partial charge in [-0.3, -0.25) is 9.59 Å². The molecule has 3 aromatic carbocycles. The summed E-state index contributed by atoms with van der Waals surface area (Å²) in [5, 5.41) is 12.6. The Morgan fingerprint density at radius 3 is 2.30 bits per heavy atom. The van der Waals surface area contributed by atoms with Crippen molar-refractivity contribution < 1.29 is 32.6 Å². The third kappa shape index (κ3) is 6.52. The molecule has 4 rings (SSSR count).